The van der Waals surface area contributed by atoms with E-state index < -0.39 is 0 Å². The summed E-state index contributed by atoms with van der Waals surface area (Å²) in [6, 6.07) is 10.8. The summed E-state index contributed by atoms with van der Waals surface area (Å²) < 4.78 is 6.73. The Morgan fingerprint density at radius 1 is 1.26 bits per heavy atom. The third-order valence-electron chi connectivity index (χ3n) is 4.51. The lowest BCUT2D eigenvalue weighted by molar-refractivity contribution is -0.134. The van der Waals surface area contributed by atoms with E-state index in [0.717, 1.165) is 17.3 Å². The second-order valence-corrected chi connectivity index (χ2v) is 7.65. The van der Waals surface area contributed by atoms with E-state index in [-0.39, 0.29) is 23.6 Å². The van der Waals surface area contributed by atoms with Crippen LogP contribution in [-0.2, 0) is 4.79 Å². The van der Waals surface area contributed by atoms with Crippen molar-refractivity contribution < 1.29 is 14.3 Å². The van der Waals surface area contributed by atoms with Gasteiger partial charge in [-0.1, -0.05) is 22.0 Å². The van der Waals surface area contributed by atoms with Gasteiger partial charge in [-0.05, 0) is 43.2 Å². The first-order chi connectivity index (χ1) is 13.0. The lowest BCUT2D eigenvalue weighted by Gasteiger charge is -2.33. The molecule has 0 saturated carbocycles. The molecule has 1 aliphatic heterocycles. The monoisotopic (exact) mass is 431 g/mol. The molecule has 6 nitrogen and oxygen atoms in total. The van der Waals surface area contributed by atoms with Gasteiger partial charge in [-0.25, -0.2) is 4.98 Å². The van der Waals surface area contributed by atoms with Crippen molar-refractivity contribution in [2.75, 3.05) is 27.2 Å². The molecule has 0 N–H and O–H groups in total. The molecule has 2 amide bonds. The predicted molar refractivity (Wildman–Crippen MR) is 106 cm³/mol. The normalized spacial score (nSPS) is 16.7. The summed E-state index contributed by atoms with van der Waals surface area (Å²) in [6.07, 6.45) is 3.20. The molecule has 1 aromatic carbocycles. The van der Waals surface area contributed by atoms with E-state index in [1.807, 2.05) is 18.2 Å². The zero-order valence-corrected chi connectivity index (χ0v) is 17.0. The molecule has 0 aliphatic carbocycles. The molecule has 3 rings (SSSR count). The highest BCUT2D eigenvalue weighted by atomic mass is 79.9. The summed E-state index contributed by atoms with van der Waals surface area (Å²) in [7, 11) is 3.49. The Morgan fingerprint density at radius 3 is 2.81 bits per heavy atom. The van der Waals surface area contributed by atoms with E-state index in [0.29, 0.717) is 24.4 Å². The van der Waals surface area contributed by atoms with Crippen LogP contribution in [0.5, 0.6) is 11.6 Å². The van der Waals surface area contributed by atoms with Crippen LogP contribution in [0.25, 0.3) is 0 Å². The van der Waals surface area contributed by atoms with Gasteiger partial charge in [0.05, 0.1) is 5.92 Å². The molecule has 0 radical (unpaired) electrons. The molecular weight excluding hydrogens is 410 g/mol. The number of carbonyl (C=O) groups is 2. The third-order valence-corrected chi connectivity index (χ3v) is 5.00. The number of likely N-dealkylation sites (tertiary alicyclic amines) is 1. The van der Waals surface area contributed by atoms with Crippen LogP contribution in [0.4, 0.5) is 0 Å². The Balaban J connectivity index is 1.79. The Labute approximate surface area is 167 Å². The molecule has 1 atom stereocenters. The first-order valence-electron chi connectivity index (χ1n) is 8.84. The molecule has 0 bridgehead atoms. The van der Waals surface area contributed by atoms with Gasteiger partial charge in [0.15, 0.2) is 0 Å². The molecule has 1 saturated heterocycles. The summed E-state index contributed by atoms with van der Waals surface area (Å²) >= 11 is 3.41. The molecule has 1 aromatic heterocycles. The second-order valence-electron chi connectivity index (χ2n) is 6.74. The van der Waals surface area contributed by atoms with Crippen molar-refractivity contribution in [2.45, 2.75) is 12.8 Å². The summed E-state index contributed by atoms with van der Waals surface area (Å²) in [5.41, 5.74) is 0.399. The lowest BCUT2D eigenvalue weighted by Crippen LogP contribution is -2.45. The van der Waals surface area contributed by atoms with E-state index in [1.54, 1.807) is 48.3 Å². The molecule has 1 fully saturated rings. The number of piperidine rings is 1. The largest absolute Gasteiger partial charge is 0.438 e. The summed E-state index contributed by atoms with van der Waals surface area (Å²) in [6.45, 7) is 1.04. The SMILES string of the molecule is CN(C)C(=O)[C@@H]1CCCN(C(=O)c2cccnc2Oc2cccc(Br)c2)C1. The molecule has 7 heteroatoms. The number of carbonyl (C=O) groups excluding carboxylic acids is 2. The topological polar surface area (TPSA) is 62.7 Å². The van der Waals surface area contributed by atoms with Gasteiger partial charge < -0.3 is 14.5 Å². The first kappa shape index (κ1) is 19.4. The Hall–Kier alpha value is -2.41. The number of hydrogen-bond donors (Lipinski definition) is 0. The standard InChI is InChI=1S/C20H22BrN3O3/c1-23(2)19(25)14-6-5-11-24(13-14)20(26)17-9-4-10-22-18(17)27-16-8-3-7-15(21)12-16/h3-4,7-10,12,14H,5-6,11,13H2,1-2H3/t14-/m1/s1. The van der Waals surface area contributed by atoms with Crippen molar-refractivity contribution >= 4 is 27.7 Å². The van der Waals surface area contributed by atoms with Gasteiger partial charge in [-0.15, -0.1) is 0 Å². The van der Waals surface area contributed by atoms with Crippen molar-refractivity contribution in [3.8, 4) is 11.6 Å². The Kier molecular flexibility index (Phi) is 6.11. The van der Waals surface area contributed by atoms with Crippen LogP contribution in [0.3, 0.4) is 0 Å². The lowest BCUT2D eigenvalue weighted by atomic mass is 9.96. The number of benzene rings is 1. The number of pyridine rings is 1. The molecule has 0 spiro atoms. The maximum atomic E-state index is 13.1. The van der Waals surface area contributed by atoms with Crippen molar-refractivity contribution in [2.24, 2.45) is 5.92 Å². The molecule has 27 heavy (non-hydrogen) atoms. The van der Waals surface area contributed by atoms with Gasteiger partial charge in [0.1, 0.15) is 11.3 Å². The van der Waals surface area contributed by atoms with E-state index in [4.69, 9.17) is 4.74 Å². The van der Waals surface area contributed by atoms with E-state index >= 15 is 0 Å². The fourth-order valence-electron chi connectivity index (χ4n) is 3.18. The number of ether oxygens (including phenoxy) is 1. The number of nitrogens with zero attached hydrogens (tertiary/aromatic N) is 3. The average Bonchev–Trinajstić information content (AvgIpc) is 2.67. The summed E-state index contributed by atoms with van der Waals surface area (Å²) in [5.74, 6) is 0.593. The van der Waals surface area contributed by atoms with Crippen LogP contribution < -0.4 is 4.74 Å². The van der Waals surface area contributed by atoms with Crippen LogP contribution >= 0.6 is 15.9 Å². The number of amides is 2. The summed E-state index contributed by atoms with van der Waals surface area (Å²) in [5, 5.41) is 0. The highest BCUT2D eigenvalue weighted by Crippen LogP contribution is 2.27. The van der Waals surface area contributed by atoms with Crippen LogP contribution in [0.1, 0.15) is 23.2 Å². The van der Waals surface area contributed by atoms with Crippen LogP contribution in [0.2, 0.25) is 0 Å². The third kappa shape index (κ3) is 4.66. The first-order valence-corrected chi connectivity index (χ1v) is 9.64. The van der Waals surface area contributed by atoms with E-state index in [2.05, 4.69) is 20.9 Å². The molecule has 0 unspecified atom stereocenters. The van der Waals surface area contributed by atoms with Gasteiger partial charge in [0.2, 0.25) is 11.8 Å². The molecule has 142 valence electrons. The van der Waals surface area contributed by atoms with Gasteiger partial charge >= 0.3 is 0 Å². The Morgan fingerprint density at radius 2 is 2.07 bits per heavy atom. The maximum Gasteiger partial charge on any atom is 0.259 e. The minimum Gasteiger partial charge on any atom is -0.438 e. The summed E-state index contributed by atoms with van der Waals surface area (Å²) in [4.78, 5) is 32.9. The number of aromatic nitrogens is 1. The Bertz CT molecular complexity index is 841. The zero-order valence-electron chi connectivity index (χ0n) is 15.4. The van der Waals surface area contributed by atoms with E-state index in [9.17, 15) is 9.59 Å². The number of hydrogen-bond acceptors (Lipinski definition) is 4. The highest BCUT2D eigenvalue weighted by molar-refractivity contribution is 9.10. The smallest absolute Gasteiger partial charge is 0.259 e. The van der Waals surface area contributed by atoms with Crippen LogP contribution in [-0.4, -0.2) is 53.8 Å². The predicted octanol–water partition coefficient (Wildman–Crippen LogP) is 3.58. The van der Waals surface area contributed by atoms with Gasteiger partial charge in [0, 0.05) is 37.9 Å². The average molecular weight is 432 g/mol. The molecule has 2 heterocycles. The van der Waals surface area contributed by atoms with Crippen molar-refractivity contribution in [1.29, 1.82) is 0 Å². The van der Waals surface area contributed by atoms with Crippen molar-refractivity contribution in [1.82, 2.24) is 14.8 Å². The zero-order chi connectivity index (χ0) is 19.4. The molecule has 1 aliphatic rings. The highest BCUT2D eigenvalue weighted by Gasteiger charge is 2.31. The van der Waals surface area contributed by atoms with Crippen molar-refractivity contribution in [3.63, 3.8) is 0 Å². The second kappa shape index (κ2) is 8.52. The van der Waals surface area contributed by atoms with Gasteiger partial charge in [-0.2, -0.15) is 0 Å². The van der Waals surface area contributed by atoms with Crippen LogP contribution in [0, 0.1) is 5.92 Å². The number of halogens is 1. The fraction of sp³-hybridized carbons (Fsp3) is 0.350. The quantitative estimate of drug-likeness (QED) is 0.741. The van der Waals surface area contributed by atoms with Gasteiger partial charge in [0.25, 0.3) is 5.91 Å². The minimum atomic E-state index is -0.163. The van der Waals surface area contributed by atoms with Gasteiger partial charge in [-0.3, -0.25) is 9.59 Å². The minimum absolute atomic E-state index is 0.0595. The van der Waals surface area contributed by atoms with Crippen LogP contribution in [0.15, 0.2) is 47.1 Å². The maximum absolute atomic E-state index is 13.1. The fourth-order valence-corrected chi connectivity index (χ4v) is 3.55. The molecule has 2 aromatic rings. The number of rotatable bonds is 4. The van der Waals surface area contributed by atoms with Crippen molar-refractivity contribution in [3.05, 3.63) is 52.6 Å². The van der Waals surface area contributed by atoms with E-state index in [1.165, 1.54) is 0 Å². The molecular formula is C20H22BrN3O3.